The molecule has 0 bridgehead atoms. The third-order valence-corrected chi connectivity index (χ3v) is 3.11. The van der Waals surface area contributed by atoms with Crippen LogP contribution in [0.2, 0.25) is 0 Å². The number of rotatable bonds is 5. The molecule has 0 saturated heterocycles. The van der Waals surface area contributed by atoms with Gasteiger partial charge in [-0.05, 0) is 19.1 Å². The van der Waals surface area contributed by atoms with Gasteiger partial charge in [0, 0.05) is 43.1 Å². The van der Waals surface area contributed by atoms with Crippen molar-refractivity contribution in [1.82, 2.24) is 14.9 Å². The van der Waals surface area contributed by atoms with Gasteiger partial charge < -0.3 is 9.88 Å². The molecule has 0 spiro atoms. The van der Waals surface area contributed by atoms with Crippen LogP contribution >= 0.6 is 11.3 Å². The maximum atomic E-state index is 4.23. The van der Waals surface area contributed by atoms with E-state index in [9.17, 15) is 0 Å². The summed E-state index contributed by atoms with van der Waals surface area (Å²) in [5, 5.41) is 6.54. The maximum absolute atomic E-state index is 4.23. The third kappa shape index (κ3) is 2.67. The fraction of sp³-hybridized carbons (Fsp3) is 0.364. The van der Waals surface area contributed by atoms with Crippen molar-refractivity contribution in [1.29, 1.82) is 0 Å². The van der Waals surface area contributed by atoms with Crippen molar-refractivity contribution in [2.24, 2.45) is 0 Å². The van der Waals surface area contributed by atoms with Gasteiger partial charge in [-0.1, -0.05) is 0 Å². The van der Waals surface area contributed by atoms with Crippen LogP contribution in [0, 0.1) is 0 Å². The van der Waals surface area contributed by atoms with E-state index in [4.69, 9.17) is 0 Å². The molecule has 2 heterocycles. The number of nitrogens with one attached hydrogen (secondary N) is 1. The predicted molar refractivity (Wildman–Crippen MR) is 62.8 cm³/mol. The molecule has 0 radical (unpaired) electrons. The highest BCUT2D eigenvalue weighted by molar-refractivity contribution is 7.09. The average molecular weight is 221 g/mol. The summed E-state index contributed by atoms with van der Waals surface area (Å²) >= 11 is 1.69. The van der Waals surface area contributed by atoms with Gasteiger partial charge in [-0.2, -0.15) is 0 Å². The van der Waals surface area contributed by atoms with E-state index in [0.29, 0.717) is 0 Å². The molecular weight excluding hydrogens is 206 g/mol. The summed E-state index contributed by atoms with van der Waals surface area (Å²) in [6, 6.07) is 4.24. The Bertz CT molecular complexity index is 392. The van der Waals surface area contributed by atoms with Gasteiger partial charge in [-0.15, -0.1) is 11.3 Å². The molecule has 1 N–H and O–H groups in total. The highest BCUT2D eigenvalue weighted by Crippen LogP contribution is 2.05. The number of aryl methyl sites for hydroxylation is 1. The molecule has 0 aromatic carbocycles. The maximum Gasteiger partial charge on any atom is 0.106 e. The van der Waals surface area contributed by atoms with Crippen LogP contribution in [-0.4, -0.2) is 9.55 Å². The van der Waals surface area contributed by atoms with E-state index < -0.39 is 0 Å². The summed E-state index contributed by atoms with van der Waals surface area (Å²) in [6.07, 6.45) is 3.96. The summed E-state index contributed by atoms with van der Waals surface area (Å²) in [6.45, 7) is 4.94. The first-order valence-corrected chi connectivity index (χ1v) is 6.01. The molecule has 80 valence electrons. The first-order valence-electron chi connectivity index (χ1n) is 5.13. The second-order valence-electron chi connectivity index (χ2n) is 3.31. The second kappa shape index (κ2) is 5.09. The van der Waals surface area contributed by atoms with Crippen LogP contribution in [0.3, 0.4) is 0 Å². The molecule has 4 heteroatoms. The lowest BCUT2D eigenvalue weighted by atomic mass is 10.4. The Morgan fingerprint density at radius 2 is 2.40 bits per heavy atom. The van der Waals surface area contributed by atoms with E-state index in [1.165, 1.54) is 5.69 Å². The summed E-state index contributed by atoms with van der Waals surface area (Å²) in [7, 11) is 0. The highest BCUT2D eigenvalue weighted by atomic mass is 32.1. The Labute approximate surface area is 93.8 Å². The van der Waals surface area contributed by atoms with E-state index in [1.54, 1.807) is 11.3 Å². The second-order valence-corrected chi connectivity index (χ2v) is 4.29. The van der Waals surface area contributed by atoms with Gasteiger partial charge in [-0.3, -0.25) is 0 Å². The van der Waals surface area contributed by atoms with Gasteiger partial charge in [0.25, 0.3) is 0 Å². The number of hydrogen-bond acceptors (Lipinski definition) is 3. The molecule has 0 unspecified atom stereocenters. The van der Waals surface area contributed by atoms with Gasteiger partial charge in [0.1, 0.15) is 5.01 Å². The van der Waals surface area contributed by atoms with Crippen LogP contribution in [0.1, 0.15) is 17.6 Å². The van der Waals surface area contributed by atoms with Crippen LogP contribution < -0.4 is 5.32 Å². The molecule has 2 aromatic heterocycles. The normalized spacial score (nSPS) is 10.7. The molecule has 3 nitrogen and oxygen atoms in total. The van der Waals surface area contributed by atoms with Crippen LogP contribution in [0.5, 0.6) is 0 Å². The van der Waals surface area contributed by atoms with Crippen LogP contribution in [0.4, 0.5) is 0 Å². The summed E-state index contributed by atoms with van der Waals surface area (Å²) in [5.41, 5.74) is 1.33. The predicted octanol–water partition coefficient (Wildman–Crippen LogP) is 2.25. The van der Waals surface area contributed by atoms with Crippen LogP contribution in [-0.2, 0) is 19.6 Å². The monoisotopic (exact) mass is 221 g/mol. The smallest absolute Gasteiger partial charge is 0.106 e. The molecule has 0 aliphatic carbocycles. The van der Waals surface area contributed by atoms with Crippen molar-refractivity contribution >= 4 is 11.3 Å². The minimum absolute atomic E-state index is 0.854. The lowest BCUT2D eigenvalue weighted by Crippen LogP contribution is -2.15. The molecule has 0 atom stereocenters. The topological polar surface area (TPSA) is 29.9 Å². The first kappa shape index (κ1) is 10.4. The SMILES string of the molecule is CCn1cccc1CNCc1nccs1. The molecule has 0 fully saturated rings. The molecule has 2 aromatic rings. The van der Waals surface area contributed by atoms with Gasteiger partial charge in [0.15, 0.2) is 0 Å². The Balaban J connectivity index is 1.83. The lowest BCUT2D eigenvalue weighted by Gasteiger charge is -2.06. The van der Waals surface area contributed by atoms with Crippen molar-refractivity contribution < 1.29 is 0 Å². The van der Waals surface area contributed by atoms with Crippen LogP contribution in [0.25, 0.3) is 0 Å². The fourth-order valence-corrected chi connectivity index (χ4v) is 2.14. The average Bonchev–Trinajstić information content (AvgIpc) is 2.88. The van der Waals surface area contributed by atoms with Crippen LogP contribution in [0.15, 0.2) is 29.9 Å². The third-order valence-electron chi connectivity index (χ3n) is 2.33. The van der Waals surface area contributed by atoms with E-state index in [0.717, 1.165) is 24.6 Å². The zero-order valence-corrected chi connectivity index (χ0v) is 9.63. The van der Waals surface area contributed by atoms with Crippen molar-refractivity contribution in [3.8, 4) is 0 Å². The molecule has 0 amide bonds. The lowest BCUT2D eigenvalue weighted by molar-refractivity contribution is 0.627. The van der Waals surface area contributed by atoms with E-state index >= 15 is 0 Å². The highest BCUT2D eigenvalue weighted by Gasteiger charge is 1.99. The Morgan fingerprint density at radius 1 is 1.47 bits per heavy atom. The summed E-state index contributed by atoms with van der Waals surface area (Å²) < 4.78 is 2.24. The standard InChI is InChI=1S/C11H15N3S/c1-2-14-6-3-4-10(14)8-12-9-11-13-5-7-15-11/h3-7,12H,2,8-9H2,1H3. The van der Waals surface area contributed by atoms with Gasteiger partial charge in [-0.25, -0.2) is 4.98 Å². The minimum Gasteiger partial charge on any atom is -0.351 e. The zero-order valence-electron chi connectivity index (χ0n) is 8.81. The molecular formula is C11H15N3S. The van der Waals surface area contributed by atoms with Crippen molar-refractivity contribution in [2.45, 2.75) is 26.6 Å². The Hall–Kier alpha value is -1.13. The van der Waals surface area contributed by atoms with Crippen molar-refractivity contribution in [2.75, 3.05) is 0 Å². The van der Waals surface area contributed by atoms with Gasteiger partial charge in [0.2, 0.25) is 0 Å². The van der Waals surface area contributed by atoms with Crippen molar-refractivity contribution in [3.63, 3.8) is 0 Å². The zero-order chi connectivity index (χ0) is 10.5. The van der Waals surface area contributed by atoms with E-state index in [-0.39, 0.29) is 0 Å². The number of thiazole rings is 1. The molecule has 2 rings (SSSR count). The first-order chi connectivity index (χ1) is 7.40. The van der Waals surface area contributed by atoms with Crippen molar-refractivity contribution in [3.05, 3.63) is 40.6 Å². The largest absolute Gasteiger partial charge is 0.351 e. The minimum atomic E-state index is 0.854. The molecule has 0 saturated carbocycles. The molecule has 15 heavy (non-hydrogen) atoms. The summed E-state index contributed by atoms with van der Waals surface area (Å²) in [4.78, 5) is 4.23. The summed E-state index contributed by atoms with van der Waals surface area (Å²) in [5.74, 6) is 0. The molecule has 0 aliphatic rings. The number of hydrogen-bond donors (Lipinski definition) is 1. The fourth-order valence-electron chi connectivity index (χ4n) is 1.56. The Morgan fingerprint density at radius 3 is 3.13 bits per heavy atom. The van der Waals surface area contributed by atoms with Gasteiger partial charge in [0.05, 0.1) is 0 Å². The number of nitrogens with zero attached hydrogens (tertiary/aromatic N) is 2. The van der Waals surface area contributed by atoms with E-state index in [1.807, 2.05) is 11.6 Å². The van der Waals surface area contributed by atoms with Gasteiger partial charge >= 0.3 is 0 Å². The van der Waals surface area contributed by atoms with E-state index in [2.05, 4.69) is 40.1 Å². The quantitative estimate of drug-likeness (QED) is 0.839. The molecule has 0 aliphatic heterocycles. The Kier molecular flexibility index (Phi) is 3.53. The number of aromatic nitrogens is 2.